The topological polar surface area (TPSA) is 107 Å². The number of anilines is 1. The molecule has 1 amide bonds. The zero-order chi connectivity index (χ0) is 26.7. The molecule has 0 radical (unpaired) electrons. The van der Waals surface area contributed by atoms with Crippen LogP contribution >= 0.6 is 0 Å². The zero-order valence-electron chi connectivity index (χ0n) is 21.2. The molecule has 0 spiro atoms. The van der Waals surface area contributed by atoms with Crippen LogP contribution in [-0.4, -0.2) is 53.0 Å². The fourth-order valence-electron chi connectivity index (χ4n) is 4.79. The second-order valence-electron chi connectivity index (χ2n) is 9.35. The van der Waals surface area contributed by atoms with Gasteiger partial charge in [0.05, 0.1) is 43.2 Å². The maximum atomic E-state index is 16.0. The Morgan fingerprint density at radius 1 is 1.24 bits per heavy atom. The number of hydrogen-bond acceptors (Lipinski definition) is 8. The number of rotatable bonds is 9. The number of alkyl halides is 1. The van der Waals surface area contributed by atoms with Crippen molar-refractivity contribution < 1.29 is 27.8 Å². The first kappa shape index (κ1) is 25.8. The molecule has 2 N–H and O–H groups in total. The highest BCUT2D eigenvalue weighted by molar-refractivity contribution is 5.94. The molecule has 5 rings (SSSR count). The molecular formula is C27H29F2N5O4. The third kappa shape index (κ3) is 5.24. The molecule has 38 heavy (non-hydrogen) atoms. The van der Waals surface area contributed by atoms with Gasteiger partial charge >= 0.3 is 0 Å². The van der Waals surface area contributed by atoms with Crippen molar-refractivity contribution >= 4 is 22.8 Å². The van der Waals surface area contributed by atoms with Gasteiger partial charge in [0.1, 0.15) is 17.6 Å². The molecule has 2 unspecified atom stereocenters. The molecule has 0 aromatic carbocycles. The minimum atomic E-state index is -1.47. The number of carbonyl (C=O) groups is 1. The van der Waals surface area contributed by atoms with E-state index in [-0.39, 0.29) is 36.6 Å². The van der Waals surface area contributed by atoms with Gasteiger partial charge in [-0.15, -0.1) is 0 Å². The summed E-state index contributed by atoms with van der Waals surface area (Å²) < 4.78 is 47.5. The zero-order valence-corrected chi connectivity index (χ0v) is 21.2. The lowest BCUT2D eigenvalue weighted by Crippen LogP contribution is -2.46. The van der Waals surface area contributed by atoms with Gasteiger partial charge in [0.15, 0.2) is 18.2 Å². The molecular weight excluding hydrogens is 496 g/mol. The van der Waals surface area contributed by atoms with Crippen LogP contribution in [0.25, 0.3) is 11.0 Å². The summed E-state index contributed by atoms with van der Waals surface area (Å²) in [7, 11) is 1.47. The molecule has 0 bridgehead atoms. The van der Waals surface area contributed by atoms with Gasteiger partial charge < -0.3 is 24.8 Å². The van der Waals surface area contributed by atoms with Crippen molar-refractivity contribution in [2.24, 2.45) is 0 Å². The Labute approximate surface area is 218 Å². The van der Waals surface area contributed by atoms with Gasteiger partial charge in [-0.05, 0) is 31.0 Å². The quantitative estimate of drug-likeness (QED) is 0.432. The maximum absolute atomic E-state index is 16.0. The number of pyridine rings is 3. The van der Waals surface area contributed by atoms with Crippen LogP contribution in [-0.2, 0) is 22.5 Å². The van der Waals surface area contributed by atoms with Crippen molar-refractivity contribution in [2.45, 2.75) is 50.9 Å². The fourth-order valence-corrected chi connectivity index (χ4v) is 4.79. The number of fused-ring (bicyclic) bond motifs is 2. The van der Waals surface area contributed by atoms with Gasteiger partial charge in [-0.25, -0.2) is 18.7 Å². The lowest BCUT2D eigenvalue weighted by atomic mass is 9.83. The normalized spacial score (nSPS) is 19.7. The van der Waals surface area contributed by atoms with Crippen LogP contribution in [0.5, 0.6) is 11.6 Å². The van der Waals surface area contributed by atoms with Crippen LogP contribution in [0.15, 0.2) is 42.2 Å². The number of ether oxygens (including phenoxy) is 3. The number of carbonyl (C=O) groups excluding carboxylic acids is 1. The van der Waals surface area contributed by atoms with Gasteiger partial charge in [-0.3, -0.25) is 9.78 Å². The molecule has 0 saturated carbocycles. The maximum Gasteiger partial charge on any atom is 0.263 e. The lowest BCUT2D eigenvalue weighted by Gasteiger charge is -2.39. The Balaban J connectivity index is 1.29. The molecule has 0 saturated heterocycles. The van der Waals surface area contributed by atoms with Crippen LogP contribution in [0.2, 0.25) is 0 Å². The largest absolute Gasteiger partial charge is 0.481 e. The van der Waals surface area contributed by atoms with Gasteiger partial charge in [0, 0.05) is 23.7 Å². The number of amides is 1. The Morgan fingerprint density at radius 3 is 2.87 bits per heavy atom. The number of nitrogens with one attached hydrogen (secondary N) is 2. The molecule has 200 valence electrons. The Bertz CT molecular complexity index is 1390. The van der Waals surface area contributed by atoms with E-state index in [1.54, 1.807) is 18.2 Å². The minimum absolute atomic E-state index is 0.0275. The van der Waals surface area contributed by atoms with Crippen LogP contribution in [0.1, 0.15) is 37.4 Å². The number of nitrogens with zero attached hydrogens (tertiary/aromatic N) is 3. The van der Waals surface area contributed by atoms with E-state index in [9.17, 15) is 9.18 Å². The van der Waals surface area contributed by atoms with Crippen molar-refractivity contribution in [1.82, 2.24) is 20.3 Å². The molecule has 0 fully saturated rings. The van der Waals surface area contributed by atoms with Crippen molar-refractivity contribution in [1.29, 1.82) is 0 Å². The summed E-state index contributed by atoms with van der Waals surface area (Å²) in [5.41, 5.74) is 1.32. The van der Waals surface area contributed by atoms with E-state index in [1.807, 2.05) is 19.1 Å². The lowest BCUT2D eigenvalue weighted by molar-refractivity contribution is -0.118. The summed E-state index contributed by atoms with van der Waals surface area (Å²) in [6, 6.07) is 6.88. The minimum Gasteiger partial charge on any atom is -0.481 e. The van der Waals surface area contributed by atoms with E-state index in [1.165, 1.54) is 7.11 Å². The van der Waals surface area contributed by atoms with Crippen LogP contribution in [0.4, 0.5) is 14.6 Å². The van der Waals surface area contributed by atoms with E-state index in [4.69, 9.17) is 14.2 Å². The van der Waals surface area contributed by atoms with Crippen LogP contribution in [0.3, 0.4) is 0 Å². The van der Waals surface area contributed by atoms with Crippen LogP contribution in [0, 0.1) is 5.82 Å². The van der Waals surface area contributed by atoms with Crippen molar-refractivity contribution in [2.75, 3.05) is 25.6 Å². The smallest absolute Gasteiger partial charge is 0.263 e. The summed E-state index contributed by atoms with van der Waals surface area (Å²) in [6.45, 7) is 2.51. The highest BCUT2D eigenvalue weighted by atomic mass is 19.1. The highest BCUT2D eigenvalue weighted by Gasteiger charge is 2.41. The van der Waals surface area contributed by atoms with E-state index < -0.39 is 17.6 Å². The molecule has 2 atom stereocenters. The number of aromatic nitrogens is 3. The molecule has 9 nitrogen and oxygen atoms in total. The van der Waals surface area contributed by atoms with Gasteiger partial charge in [0.25, 0.3) is 5.91 Å². The second-order valence-corrected chi connectivity index (χ2v) is 9.35. The first-order valence-corrected chi connectivity index (χ1v) is 12.5. The van der Waals surface area contributed by atoms with Crippen molar-refractivity contribution in [3.63, 3.8) is 0 Å². The Morgan fingerprint density at radius 2 is 2.11 bits per heavy atom. The summed E-state index contributed by atoms with van der Waals surface area (Å²) in [5.74, 6) is 0.362. The summed E-state index contributed by atoms with van der Waals surface area (Å²) in [4.78, 5) is 24.4. The van der Waals surface area contributed by atoms with Gasteiger partial charge in [-0.2, -0.15) is 0 Å². The summed E-state index contributed by atoms with van der Waals surface area (Å²) in [5, 5.41) is 5.97. The predicted octanol–water partition coefficient (Wildman–Crippen LogP) is 4.02. The van der Waals surface area contributed by atoms with E-state index in [2.05, 4.69) is 25.6 Å². The first-order valence-electron chi connectivity index (χ1n) is 12.5. The average molecular weight is 526 g/mol. The predicted molar refractivity (Wildman–Crippen MR) is 136 cm³/mol. The van der Waals surface area contributed by atoms with E-state index in [0.29, 0.717) is 54.5 Å². The van der Waals surface area contributed by atoms with Crippen molar-refractivity contribution in [3.8, 4) is 11.6 Å². The fraction of sp³-hybridized carbons (Fsp3) is 0.407. The second kappa shape index (κ2) is 10.9. The molecule has 2 aliphatic rings. The molecule has 3 aromatic heterocycles. The third-order valence-corrected chi connectivity index (χ3v) is 6.81. The van der Waals surface area contributed by atoms with Crippen LogP contribution < -0.4 is 20.1 Å². The standard InChI is InChI=1S/C27H29F2N5O4/c1-3-9-27(22(29)11-18-19(28)13-31-20-5-7-24(36-2)34-25(18)20)10-8-17(14-38-27)30-12-16-4-6-21-26(32-16)33-23(35)15-37-21/h4-8,13,22,30H,3,9-12,14-15H2,1-2H3,(H,32,33,35). The Kier molecular flexibility index (Phi) is 7.37. The number of hydrogen-bond donors (Lipinski definition) is 2. The first-order chi connectivity index (χ1) is 18.4. The summed E-state index contributed by atoms with van der Waals surface area (Å²) in [6.07, 6.45) is 2.86. The molecule has 2 aliphatic heterocycles. The highest BCUT2D eigenvalue weighted by Crippen LogP contribution is 2.36. The number of methoxy groups -OCH3 is 1. The average Bonchev–Trinajstić information content (AvgIpc) is 2.93. The van der Waals surface area contributed by atoms with Crippen molar-refractivity contribution in [3.05, 3.63) is 59.3 Å². The SMILES string of the molecule is CCCC1(C(F)Cc2c(F)cnc3ccc(OC)nc23)CC=C(NCc2ccc3c(n2)NC(=O)CO3)CO1. The van der Waals surface area contributed by atoms with Gasteiger partial charge in [0.2, 0.25) is 5.88 Å². The van der Waals surface area contributed by atoms with E-state index in [0.717, 1.165) is 11.9 Å². The molecule has 0 aliphatic carbocycles. The summed E-state index contributed by atoms with van der Waals surface area (Å²) >= 11 is 0. The number of halogens is 2. The molecule has 3 aromatic rings. The third-order valence-electron chi connectivity index (χ3n) is 6.81. The molecule has 11 heteroatoms. The van der Waals surface area contributed by atoms with Gasteiger partial charge in [-0.1, -0.05) is 19.4 Å². The molecule has 5 heterocycles. The Hall–Kier alpha value is -3.86. The van der Waals surface area contributed by atoms with E-state index >= 15 is 4.39 Å². The monoisotopic (exact) mass is 525 g/mol.